The van der Waals surface area contributed by atoms with Crippen molar-refractivity contribution in [1.82, 2.24) is 4.98 Å². The molecule has 4 heteroatoms. The molecule has 1 saturated carbocycles. The Morgan fingerprint density at radius 1 is 1.21 bits per heavy atom. The minimum absolute atomic E-state index is 0.122. The Morgan fingerprint density at radius 2 is 2.00 bits per heavy atom. The fourth-order valence-corrected chi connectivity index (χ4v) is 3.54. The maximum atomic E-state index is 10.8. The van der Waals surface area contributed by atoms with E-state index < -0.39 is 5.97 Å². The highest BCUT2D eigenvalue weighted by molar-refractivity contribution is 5.85. The number of nitrogens with zero attached hydrogens (tertiary/aromatic N) is 2. The van der Waals surface area contributed by atoms with E-state index in [9.17, 15) is 4.79 Å². The van der Waals surface area contributed by atoms with Gasteiger partial charge in [-0.05, 0) is 36.8 Å². The molecular formula is C15H20N2O2. The first-order valence-electron chi connectivity index (χ1n) is 7.18. The maximum absolute atomic E-state index is 10.8. The smallest absolute Gasteiger partial charge is 0.354 e. The molecule has 1 N–H and O–H groups in total. The second kappa shape index (κ2) is 5.19. The number of hydrogen-bond donors (Lipinski definition) is 1. The Kier molecular flexibility index (Phi) is 3.40. The summed E-state index contributed by atoms with van der Waals surface area (Å²) in [5.74, 6) is 0.774. The Labute approximate surface area is 113 Å². The van der Waals surface area contributed by atoms with E-state index in [1.807, 2.05) is 6.07 Å². The molecular weight excluding hydrogens is 240 g/mol. The molecule has 4 nitrogen and oxygen atoms in total. The first kappa shape index (κ1) is 12.5. The van der Waals surface area contributed by atoms with Crippen molar-refractivity contribution in [2.75, 3.05) is 18.0 Å². The van der Waals surface area contributed by atoms with Crippen LogP contribution in [0, 0.1) is 11.8 Å². The van der Waals surface area contributed by atoms with E-state index in [0.29, 0.717) is 0 Å². The molecule has 0 aromatic carbocycles. The molecule has 2 heterocycles. The number of anilines is 1. The summed E-state index contributed by atoms with van der Waals surface area (Å²) in [6.07, 6.45) is 8.48. The zero-order valence-corrected chi connectivity index (χ0v) is 11.1. The van der Waals surface area contributed by atoms with Gasteiger partial charge in [0.05, 0.1) is 11.9 Å². The van der Waals surface area contributed by atoms with E-state index in [0.717, 1.165) is 30.6 Å². The summed E-state index contributed by atoms with van der Waals surface area (Å²) in [6, 6.07) is 3.49. The number of carboxylic acids is 1. The van der Waals surface area contributed by atoms with Crippen LogP contribution < -0.4 is 4.90 Å². The van der Waals surface area contributed by atoms with Gasteiger partial charge in [0.1, 0.15) is 5.69 Å². The van der Waals surface area contributed by atoms with Gasteiger partial charge < -0.3 is 10.0 Å². The highest BCUT2D eigenvalue weighted by Crippen LogP contribution is 2.37. The van der Waals surface area contributed by atoms with Crippen LogP contribution in [0.3, 0.4) is 0 Å². The van der Waals surface area contributed by atoms with Crippen LogP contribution in [0.2, 0.25) is 0 Å². The first-order valence-corrected chi connectivity index (χ1v) is 7.18. The number of hydrogen-bond acceptors (Lipinski definition) is 3. The highest BCUT2D eigenvalue weighted by Gasteiger charge is 2.31. The average molecular weight is 260 g/mol. The minimum atomic E-state index is -0.961. The van der Waals surface area contributed by atoms with Crippen LogP contribution in [0.4, 0.5) is 5.69 Å². The topological polar surface area (TPSA) is 53.4 Å². The second-order valence-electron chi connectivity index (χ2n) is 5.75. The van der Waals surface area contributed by atoms with Gasteiger partial charge in [-0.15, -0.1) is 0 Å². The van der Waals surface area contributed by atoms with Gasteiger partial charge in [-0.1, -0.05) is 19.3 Å². The fraction of sp³-hybridized carbons (Fsp3) is 0.600. The predicted octanol–water partition coefficient (Wildman–Crippen LogP) is 2.80. The number of fused-ring (bicyclic) bond motifs is 1. The van der Waals surface area contributed by atoms with Gasteiger partial charge in [0.2, 0.25) is 0 Å². The van der Waals surface area contributed by atoms with Crippen molar-refractivity contribution in [2.24, 2.45) is 11.8 Å². The van der Waals surface area contributed by atoms with Crippen molar-refractivity contribution < 1.29 is 9.90 Å². The number of carboxylic acid groups (broad SMARTS) is 1. The summed E-state index contributed by atoms with van der Waals surface area (Å²) in [5.41, 5.74) is 1.19. The van der Waals surface area contributed by atoms with E-state index >= 15 is 0 Å². The van der Waals surface area contributed by atoms with E-state index in [2.05, 4.69) is 9.88 Å². The summed E-state index contributed by atoms with van der Waals surface area (Å²) < 4.78 is 0. The number of aromatic nitrogens is 1. The van der Waals surface area contributed by atoms with Crippen LogP contribution in [0.1, 0.15) is 42.6 Å². The SMILES string of the molecule is O=C(O)c1ccc(N2CCC3CCCCC3C2)cn1. The summed E-state index contributed by atoms with van der Waals surface area (Å²) in [6.45, 7) is 2.19. The monoisotopic (exact) mass is 260 g/mol. The molecule has 1 aromatic heterocycles. The summed E-state index contributed by atoms with van der Waals surface area (Å²) in [7, 11) is 0. The van der Waals surface area contributed by atoms with Crippen LogP contribution in [-0.2, 0) is 0 Å². The lowest BCUT2D eigenvalue weighted by molar-refractivity contribution is 0.0690. The molecule has 2 aliphatic rings. The first-order chi connectivity index (χ1) is 9.24. The summed E-state index contributed by atoms with van der Waals surface area (Å²) in [4.78, 5) is 17.2. The normalized spacial score (nSPS) is 26.8. The Balaban J connectivity index is 1.70. The molecule has 102 valence electrons. The van der Waals surface area contributed by atoms with E-state index in [-0.39, 0.29) is 5.69 Å². The number of piperidine rings is 1. The Morgan fingerprint density at radius 3 is 2.68 bits per heavy atom. The third kappa shape index (κ3) is 2.57. The van der Waals surface area contributed by atoms with Crippen LogP contribution in [0.25, 0.3) is 0 Å². The highest BCUT2D eigenvalue weighted by atomic mass is 16.4. The van der Waals surface area contributed by atoms with Gasteiger partial charge >= 0.3 is 5.97 Å². The molecule has 0 amide bonds. The summed E-state index contributed by atoms with van der Waals surface area (Å²) in [5, 5.41) is 8.86. The van der Waals surface area contributed by atoms with Gasteiger partial charge in [-0.3, -0.25) is 0 Å². The molecule has 0 bridgehead atoms. The van der Waals surface area contributed by atoms with Crippen molar-refractivity contribution >= 4 is 11.7 Å². The van der Waals surface area contributed by atoms with Crippen molar-refractivity contribution in [3.63, 3.8) is 0 Å². The molecule has 2 unspecified atom stereocenters. The maximum Gasteiger partial charge on any atom is 0.354 e. The molecule has 1 saturated heterocycles. The quantitative estimate of drug-likeness (QED) is 0.888. The molecule has 1 aromatic rings. The van der Waals surface area contributed by atoms with Crippen molar-refractivity contribution in [2.45, 2.75) is 32.1 Å². The van der Waals surface area contributed by atoms with Crippen LogP contribution in [0.5, 0.6) is 0 Å². The Hall–Kier alpha value is -1.58. The standard InChI is InChI=1S/C15H20N2O2/c18-15(19)14-6-5-13(9-16-14)17-8-7-11-3-1-2-4-12(11)10-17/h5-6,9,11-12H,1-4,7-8,10H2,(H,18,19). The number of rotatable bonds is 2. The van der Waals surface area contributed by atoms with Gasteiger partial charge in [0.15, 0.2) is 0 Å². The Bertz CT molecular complexity index is 458. The van der Waals surface area contributed by atoms with Crippen LogP contribution >= 0.6 is 0 Å². The molecule has 1 aliphatic heterocycles. The lowest BCUT2D eigenvalue weighted by Gasteiger charge is -2.42. The van der Waals surface area contributed by atoms with Gasteiger partial charge in [-0.25, -0.2) is 9.78 Å². The van der Waals surface area contributed by atoms with Gasteiger partial charge in [0.25, 0.3) is 0 Å². The largest absolute Gasteiger partial charge is 0.477 e. The third-order valence-electron chi connectivity index (χ3n) is 4.62. The van der Waals surface area contributed by atoms with E-state index in [1.54, 1.807) is 12.3 Å². The van der Waals surface area contributed by atoms with Crippen molar-refractivity contribution in [1.29, 1.82) is 0 Å². The lowest BCUT2D eigenvalue weighted by atomic mass is 9.75. The number of pyridine rings is 1. The molecule has 2 atom stereocenters. The van der Waals surface area contributed by atoms with E-state index in [4.69, 9.17) is 5.11 Å². The molecule has 0 spiro atoms. The van der Waals surface area contributed by atoms with Crippen molar-refractivity contribution in [3.05, 3.63) is 24.0 Å². The van der Waals surface area contributed by atoms with Crippen molar-refractivity contribution in [3.8, 4) is 0 Å². The third-order valence-corrected chi connectivity index (χ3v) is 4.62. The minimum Gasteiger partial charge on any atom is -0.477 e. The van der Waals surface area contributed by atoms with Gasteiger partial charge in [0, 0.05) is 13.1 Å². The van der Waals surface area contributed by atoms with E-state index in [1.165, 1.54) is 32.1 Å². The number of carbonyl (C=O) groups is 1. The molecule has 2 fully saturated rings. The molecule has 19 heavy (non-hydrogen) atoms. The molecule has 1 aliphatic carbocycles. The zero-order chi connectivity index (χ0) is 13.2. The lowest BCUT2D eigenvalue weighted by Crippen LogP contribution is -2.41. The second-order valence-corrected chi connectivity index (χ2v) is 5.75. The predicted molar refractivity (Wildman–Crippen MR) is 73.5 cm³/mol. The van der Waals surface area contributed by atoms with Crippen LogP contribution in [0.15, 0.2) is 18.3 Å². The number of aromatic carboxylic acids is 1. The van der Waals surface area contributed by atoms with Crippen LogP contribution in [-0.4, -0.2) is 29.1 Å². The fourth-order valence-electron chi connectivity index (χ4n) is 3.54. The average Bonchev–Trinajstić information content (AvgIpc) is 2.47. The zero-order valence-electron chi connectivity index (χ0n) is 11.1. The van der Waals surface area contributed by atoms with Gasteiger partial charge in [-0.2, -0.15) is 0 Å². The molecule has 3 rings (SSSR count). The summed E-state index contributed by atoms with van der Waals surface area (Å²) >= 11 is 0. The molecule has 0 radical (unpaired) electrons.